The standard InChI is InChI=1S/C18H18N6O2/c1-9-6-11-8-20-18(19)21-14(11)15-13(9)16(24-23-15)22-17(25)10-4-3-5-12(7-10)26-2/h3-5,7-9H,6H2,1-2H3,(H2,19,20,21)(H2,22,23,24,25). The van der Waals surface area contributed by atoms with Gasteiger partial charge < -0.3 is 15.8 Å². The third kappa shape index (κ3) is 2.65. The highest BCUT2D eigenvalue weighted by Crippen LogP contribution is 2.40. The maximum absolute atomic E-state index is 12.6. The van der Waals surface area contributed by atoms with Crippen molar-refractivity contribution in [3.05, 3.63) is 47.2 Å². The maximum atomic E-state index is 12.6. The van der Waals surface area contributed by atoms with E-state index in [1.165, 1.54) is 0 Å². The number of fused-ring (bicyclic) bond motifs is 3. The van der Waals surface area contributed by atoms with Gasteiger partial charge in [0.15, 0.2) is 5.82 Å². The van der Waals surface area contributed by atoms with Gasteiger partial charge in [-0.3, -0.25) is 9.89 Å². The van der Waals surface area contributed by atoms with E-state index in [0.29, 0.717) is 17.1 Å². The molecule has 1 amide bonds. The zero-order valence-electron chi connectivity index (χ0n) is 14.4. The van der Waals surface area contributed by atoms with E-state index >= 15 is 0 Å². The second kappa shape index (κ2) is 6.14. The summed E-state index contributed by atoms with van der Waals surface area (Å²) < 4.78 is 5.17. The first-order chi connectivity index (χ1) is 12.6. The van der Waals surface area contributed by atoms with E-state index in [4.69, 9.17) is 10.5 Å². The maximum Gasteiger partial charge on any atom is 0.257 e. The SMILES string of the molecule is COc1cccc(C(=O)Nc2n[nH]c3c2C(C)Cc2cnc(N)nc2-3)c1. The van der Waals surface area contributed by atoms with Gasteiger partial charge >= 0.3 is 0 Å². The zero-order valence-corrected chi connectivity index (χ0v) is 14.4. The number of H-pyrrole nitrogens is 1. The van der Waals surface area contributed by atoms with Crippen LogP contribution >= 0.6 is 0 Å². The molecule has 0 radical (unpaired) electrons. The minimum atomic E-state index is -0.251. The van der Waals surface area contributed by atoms with Crippen molar-refractivity contribution < 1.29 is 9.53 Å². The lowest BCUT2D eigenvalue weighted by molar-refractivity contribution is 0.102. The van der Waals surface area contributed by atoms with Gasteiger partial charge in [0.1, 0.15) is 5.75 Å². The minimum absolute atomic E-state index is 0.157. The highest BCUT2D eigenvalue weighted by atomic mass is 16.5. The Kier molecular flexibility index (Phi) is 3.80. The number of anilines is 2. The van der Waals surface area contributed by atoms with Crippen LogP contribution in [0, 0.1) is 0 Å². The molecule has 4 N–H and O–H groups in total. The van der Waals surface area contributed by atoms with Crippen molar-refractivity contribution in [1.29, 1.82) is 0 Å². The quantitative estimate of drug-likeness (QED) is 0.667. The lowest BCUT2D eigenvalue weighted by Gasteiger charge is -2.21. The second-order valence-corrected chi connectivity index (χ2v) is 6.25. The van der Waals surface area contributed by atoms with Crippen LogP contribution in [-0.2, 0) is 6.42 Å². The monoisotopic (exact) mass is 350 g/mol. The van der Waals surface area contributed by atoms with E-state index in [2.05, 4.69) is 32.4 Å². The number of methoxy groups -OCH3 is 1. The van der Waals surface area contributed by atoms with Crippen molar-refractivity contribution in [2.24, 2.45) is 0 Å². The van der Waals surface area contributed by atoms with Crippen LogP contribution in [0.15, 0.2) is 30.5 Å². The molecule has 1 aromatic carbocycles. The summed E-state index contributed by atoms with van der Waals surface area (Å²) in [6, 6.07) is 6.97. The molecule has 132 valence electrons. The van der Waals surface area contributed by atoms with Crippen LogP contribution in [0.2, 0.25) is 0 Å². The van der Waals surface area contributed by atoms with Gasteiger partial charge in [0.2, 0.25) is 5.95 Å². The van der Waals surface area contributed by atoms with Crippen molar-refractivity contribution in [3.8, 4) is 17.1 Å². The topological polar surface area (TPSA) is 119 Å². The highest BCUT2D eigenvalue weighted by molar-refractivity contribution is 6.04. The molecule has 1 aliphatic carbocycles. The molecule has 3 aromatic rings. The Morgan fingerprint density at radius 1 is 1.42 bits per heavy atom. The third-order valence-corrected chi connectivity index (χ3v) is 4.51. The molecule has 0 fully saturated rings. The molecule has 2 heterocycles. The lowest BCUT2D eigenvalue weighted by Crippen LogP contribution is -2.16. The van der Waals surface area contributed by atoms with Gasteiger partial charge in [0.25, 0.3) is 5.91 Å². The molecular weight excluding hydrogens is 332 g/mol. The number of nitrogens with one attached hydrogen (secondary N) is 2. The first kappa shape index (κ1) is 16.1. The van der Waals surface area contributed by atoms with Crippen LogP contribution in [0.4, 0.5) is 11.8 Å². The Labute approximate surface area is 149 Å². The first-order valence-electron chi connectivity index (χ1n) is 8.22. The number of aromatic nitrogens is 4. The Balaban J connectivity index is 1.69. The molecule has 0 saturated heterocycles. The van der Waals surface area contributed by atoms with E-state index in [1.54, 1.807) is 37.6 Å². The Morgan fingerprint density at radius 2 is 2.27 bits per heavy atom. The van der Waals surface area contributed by atoms with Crippen LogP contribution in [0.5, 0.6) is 5.75 Å². The summed E-state index contributed by atoms with van der Waals surface area (Å²) in [6.45, 7) is 2.08. The van der Waals surface area contributed by atoms with Gasteiger partial charge in [-0.1, -0.05) is 13.0 Å². The van der Waals surface area contributed by atoms with Gasteiger partial charge in [-0.15, -0.1) is 0 Å². The number of aromatic amines is 1. The van der Waals surface area contributed by atoms with Gasteiger partial charge in [0.05, 0.1) is 18.5 Å². The van der Waals surface area contributed by atoms with E-state index in [-0.39, 0.29) is 17.8 Å². The summed E-state index contributed by atoms with van der Waals surface area (Å²) >= 11 is 0. The number of nitrogen functional groups attached to an aromatic ring is 1. The molecule has 4 rings (SSSR count). The summed E-state index contributed by atoms with van der Waals surface area (Å²) in [4.78, 5) is 21.0. The molecule has 8 nitrogen and oxygen atoms in total. The lowest BCUT2D eigenvalue weighted by atomic mass is 9.86. The molecule has 0 aliphatic heterocycles. The van der Waals surface area contributed by atoms with E-state index in [0.717, 1.165) is 28.9 Å². The average Bonchev–Trinajstić information content (AvgIpc) is 3.07. The number of nitrogens with zero attached hydrogens (tertiary/aromatic N) is 3. The minimum Gasteiger partial charge on any atom is -0.497 e. The first-order valence-corrected chi connectivity index (χ1v) is 8.22. The molecule has 8 heteroatoms. The number of carbonyl (C=O) groups excluding carboxylic acids is 1. The summed E-state index contributed by atoms with van der Waals surface area (Å²) in [6.07, 6.45) is 2.50. The fraction of sp³-hybridized carbons (Fsp3) is 0.222. The van der Waals surface area contributed by atoms with Crippen LogP contribution in [0.1, 0.15) is 34.3 Å². The Morgan fingerprint density at radius 3 is 3.08 bits per heavy atom. The predicted octanol–water partition coefficient (Wildman–Crippen LogP) is 2.37. The van der Waals surface area contributed by atoms with Crippen molar-refractivity contribution in [1.82, 2.24) is 20.2 Å². The van der Waals surface area contributed by atoms with Crippen molar-refractivity contribution >= 4 is 17.7 Å². The largest absolute Gasteiger partial charge is 0.497 e. The van der Waals surface area contributed by atoms with Crippen LogP contribution in [0.25, 0.3) is 11.4 Å². The summed E-state index contributed by atoms with van der Waals surface area (Å²) in [5.41, 5.74) is 9.66. The smallest absolute Gasteiger partial charge is 0.257 e. The number of hydrogen-bond acceptors (Lipinski definition) is 6. The van der Waals surface area contributed by atoms with E-state index in [1.807, 2.05) is 0 Å². The molecule has 1 aliphatic rings. The molecule has 1 unspecified atom stereocenters. The van der Waals surface area contributed by atoms with Gasteiger partial charge in [-0.25, -0.2) is 9.97 Å². The molecule has 0 bridgehead atoms. The van der Waals surface area contributed by atoms with Gasteiger partial charge in [0, 0.05) is 17.3 Å². The van der Waals surface area contributed by atoms with Gasteiger partial charge in [-0.2, -0.15) is 5.10 Å². The van der Waals surface area contributed by atoms with Gasteiger partial charge in [-0.05, 0) is 36.1 Å². The molecule has 2 aromatic heterocycles. The predicted molar refractivity (Wildman–Crippen MR) is 97.1 cm³/mol. The van der Waals surface area contributed by atoms with E-state index < -0.39 is 0 Å². The fourth-order valence-electron chi connectivity index (χ4n) is 3.27. The summed E-state index contributed by atoms with van der Waals surface area (Å²) in [7, 11) is 1.56. The summed E-state index contributed by atoms with van der Waals surface area (Å²) in [5, 5.41) is 10.2. The molecule has 0 spiro atoms. The Bertz CT molecular complexity index is 997. The average molecular weight is 350 g/mol. The Hall–Kier alpha value is -3.42. The summed E-state index contributed by atoms with van der Waals surface area (Å²) in [5.74, 6) is 1.24. The number of benzene rings is 1. The molecular formula is C18H18N6O2. The van der Waals surface area contributed by atoms with Crippen molar-refractivity contribution in [2.75, 3.05) is 18.2 Å². The fourth-order valence-corrected chi connectivity index (χ4v) is 3.27. The van der Waals surface area contributed by atoms with Crippen LogP contribution < -0.4 is 15.8 Å². The van der Waals surface area contributed by atoms with E-state index in [9.17, 15) is 4.79 Å². The molecule has 26 heavy (non-hydrogen) atoms. The number of hydrogen-bond donors (Lipinski definition) is 3. The third-order valence-electron chi connectivity index (χ3n) is 4.51. The number of amides is 1. The van der Waals surface area contributed by atoms with Crippen LogP contribution in [0.3, 0.4) is 0 Å². The highest BCUT2D eigenvalue weighted by Gasteiger charge is 2.29. The zero-order chi connectivity index (χ0) is 18.3. The number of carbonyl (C=O) groups is 1. The number of rotatable bonds is 3. The van der Waals surface area contributed by atoms with Crippen LogP contribution in [-0.4, -0.2) is 33.2 Å². The molecule has 1 atom stereocenters. The van der Waals surface area contributed by atoms with Crippen molar-refractivity contribution in [2.45, 2.75) is 19.3 Å². The van der Waals surface area contributed by atoms with Crippen molar-refractivity contribution in [3.63, 3.8) is 0 Å². The molecule has 0 saturated carbocycles. The number of nitrogens with two attached hydrogens (primary N) is 1. The normalized spacial score (nSPS) is 15.1. The second-order valence-electron chi connectivity index (χ2n) is 6.25. The number of ether oxygens (including phenoxy) is 1.